The molecule has 0 spiro atoms. The van der Waals surface area contributed by atoms with Gasteiger partial charge in [-0.25, -0.2) is 13.4 Å². The van der Waals surface area contributed by atoms with Gasteiger partial charge in [0.25, 0.3) is 5.91 Å². The molecule has 0 fully saturated rings. The quantitative estimate of drug-likeness (QED) is 0.758. The summed E-state index contributed by atoms with van der Waals surface area (Å²) in [7, 11) is -4.13. The highest BCUT2D eigenvalue weighted by molar-refractivity contribution is 7.91. The molecule has 3 N–H and O–H groups in total. The number of carbonyl (C=O) groups excluding carboxylic acids is 1. The number of carbonyl (C=O) groups is 1. The number of sulfone groups is 1. The van der Waals surface area contributed by atoms with Gasteiger partial charge >= 0.3 is 6.36 Å². The number of primary amides is 1. The van der Waals surface area contributed by atoms with E-state index in [2.05, 4.69) is 9.72 Å². The molecular weight excluding hydrogens is 389 g/mol. The summed E-state index contributed by atoms with van der Waals surface area (Å²) < 4.78 is 65.6. The number of aliphatic hydroxyl groups is 1. The lowest BCUT2D eigenvalue weighted by Gasteiger charge is -2.12. The number of hydrogen-bond acceptors (Lipinski definition) is 6. The second-order valence-corrected chi connectivity index (χ2v) is 7.57. The van der Waals surface area contributed by atoms with Crippen LogP contribution < -0.4 is 10.5 Å². The number of amides is 1. The highest BCUT2D eigenvalue weighted by Crippen LogP contribution is 2.27. The van der Waals surface area contributed by atoms with Crippen LogP contribution in [0.3, 0.4) is 0 Å². The standard InChI is InChI=1S/C16H15F3N2O5S/c1-9(22)6-10-7-13(8-21-14(10)15(20)23)27(24,25)12-4-2-11(3-5-12)26-16(17,18)19/h2-5,7-9,22H,6H2,1H3,(H2,20,23). The molecule has 1 aromatic carbocycles. The fourth-order valence-corrected chi connectivity index (χ4v) is 3.54. The van der Waals surface area contributed by atoms with Gasteiger partial charge in [0.15, 0.2) is 0 Å². The van der Waals surface area contributed by atoms with Gasteiger partial charge in [-0.1, -0.05) is 0 Å². The normalized spacial score (nSPS) is 13.2. The maximum absolute atomic E-state index is 12.7. The third-order valence-corrected chi connectivity index (χ3v) is 5.10. The summed E-state index contributed by atoms with van der Waals surface area (Å²) in [6, 6.07) is 4.78. The molecule has 27 heavy (non-hydrogen) atoms. The summed E-state index contributed by atoms with van der Waals surface area (Å²) in [5, 5.41) is 9.51. The lowest BCUT2D eigenvalue weighted by molar-refractivity contribution is -0.274. The van der Waals surface area contributed by atoms with Gasteiger partial charge in [-0.3, -0.25) is 4.79 Å². The molecular formula is C16H15F3N2O5S. The van der Waals surface area contributed by atoms with Crippen LogP contribution in [0, 0.1) is 0 Å². The maximum Gasteiger partial charge on any atom is 0.573 e. The van der Waals surface area contributed by atoms with Gasteiger partial charge in [-0.2, -0.15) is 0 Å². The average Bonchev–Trinajstić information content (AvgIpc) is 2.53. The molecule has 0 bridgehead atoms. The first-order valence-electron chi connectivity index (χ1n) is 7.48. The predicted octanol–water partition coefficient (Wildman–Crippen LogP) is 1.84. The molecule has 7 nitrogen and oxygen atoms in total. The molecule has 0 radical (unpaired) electrons. The smallest absolute Gasteiger partial charge is 0.406 e. The molecule has 0 aliphatic rings. The fraction of sp³-hybridized carbons (Fsp3) is 0.250. The average molecular weight is 404 g/mol. The Morgan fingerprint density at radius 3 is 2.33 bits per heavy atom. The van der Waals surface area contributed by atoms with Crippen molar-refractivity contribution in [1.82, 2.24) is 4.98 Å². The fourth-order valence-electron chi connectivity index (χ4n) is 2.29. The highest BCUT2D eigenvalue weighted by Gasteiger charge is 2.31. The monoisotopic (exact) mass is 404 g/mol. The van der Waals surface area contributed by atoms with Gasteiger partial charge in [-0.05, 0) is 42.8 Å². The second-order valence-electron chi connectivity index (χ2n) is 5.62. The van der Waals surface area contributed by atoms with Gasteiger partial charge in [0, 0.05) is 12.6 Å². The Hall–Kier alpha value is -2.66. The topological polar surface area (TPSA) is 120 Å². The number of ether oxygens (including phenoxy) is 1. The van der Waals surface area contributed by atoms with E-state index < -0.39 is 34.0 Å². The summed E-state index contributed by atoms with van der Waals surface area (Å²) >= 11 is 0. The summed E-state index contributed by atoms with van der Waals surface area (Å²) in [5.74, 6) is -1.46. The van der Waals surface area contributed by atoms with Gasteiger partial charge < -0.3 is 15.6 Å². The van der Waals surface area contributed by atoms with Crippen molar-refractivity contribution in [2.75, 3.05) is 0 Å². The van der Waals surface area contributed by atoms with Crippen molar-refractivity contribution in [3.05, 3.63) is 47.8 Å². The van der Waals surface area contributed by atoms with Crippen molar-refractivity contribution < 1.29 is 36.2 Å². The van der Waals surface area contributed by atoms with Gasteiger partial charge in [0.05, 0.1) is 15.9 Å². The van der Waals surface area contributed by atoms with Gasteiger partial charge in [0.1, 0.15) is 11.4 Å². The molecule has 0 saturated carbocycles. The van der Waals surface area contributed by atoms with Gasteiger partial charge in [-0.15, -0.1) is 13.2 Å². The molecule has 1 heterocycles. The van der Waals surface area contributed by atoms with E-state index in [1.165, 1.54) is 6.92 Å². The molecule has 11 heteroatoms. The largest absolute Gasteiger partial charge is 0.573 e. The first kappa shape index (κ1) is 20.6. The molecule has 2 aromatic rings. The van der Waals surface area contributed by atoms with Crippen LogP contribution in [-0.4, -0.2) is 36.9 Å². The molecule has 2 rings (SSSR count). The van der Waals surface area contributed by atoms with Crippen molar-refractivity contribution in [1.29, 1.82) is 0 Å². The zero-order valence-corrected chi connectivity index (χ0v) is 14.7. The summed E-state index contributed by atoms with van der Waals surface area (Å²) in [5.41, 5.74) is 5.15. The van der Waals surface area contributed by atoms with E-state index in [0.717, 1.165) is 36.5 Å². The van der Waals surface area contributed by atoms with Crippen LogP contribution in [0.4, 0.5) is 13.2 Å². The molecule has 1 unspecified atom stereocenters. The van der Waals surface area contributed by atoms with Crippen molar-refractivity contribution in [3.63, 3.8) is 0 Å². The van der Waals surface area contributed by atoms with Crippen LogP contribution in [0.1, 0.15) is 23.0 Å². The third kappa shape index (κ3) is 5.17. The van der Waals surface area contributed by atoms with Crippen molar-refractivity contribution >= 4 is 15.7 Å². The number of pyridine rings is 1. The number of alkyl halides is 3. The Balaban J connectivity index is 2.42. The summed E-state index contributed by atoms with van der Waals surface area (Å²) in [6.45, 7) is 1.44. The van der Waals surface area contributed by atoms with E-state index in [1.807, 2.05) is 0 Å². The minimum absolute atomic E-state index is 0.0625. The summed E-state index contributed by atoms with van der Waals surface area (Å²) in [4.78, 5) is 14.6. The number of nitrogens with two attached hydrogens (primary N) is 1. The molecule has 0 aliphatic heterocycles. The number of aliphatic hydroxyl groups excluding tert-OH is 1. The first-order valence-corrected chi connectivity index (χ1v) is 8.96. The number of halogens is 3. The Morgan fingerprint density at radius 2 is 1.85 bits per heavy atom. The van der Waals surface area contributed by atoms with Crippen LogP contribution in [0.2, 0.25) is 0 Å². The lowest BCUT2D eigenvalue weighted by atomic mass is 10.1. The molecule has 1 aromatic heterocycles. The Bertz CT molecular complexity index is 942. The van der Waals surface area contributed by atoms with Crippen LogP contribution in [0.25, 0.3) is 0 Å². The molecule has 1 amide bonds. The van der Waals surface area contributed by atoms with E-state index in [1.54, 1.807) is 0 Å². The highest BCUT2D eigenvalue weighted by atomic mass is 32.2. The van der Waals surface area contributed by atoms with Crippen molar-refractivity contribution in [3.8, 4) is 5.75 Å². The number of hydrogen-bond donors (Lipinski definition) is 2. The molecule has 0 saturated heterocycles. The van der Waals surface area contributed by atoms with Gasteiger partial charge in [0.2, 0.25) is 9.84 Å². The third-order valence-electron chi connectivity index (χ3n) is 3.37. The number of nitrogens with zero attached hydrogens (tertiary/aromatic N) is 1. The Morgan fingerprint density at radius 1 is 1.26 bits per heavy atom. The zero-order valence-electron chi connectivity index (χ0n) is 13.9. The van der Waals surface area contributed by atoms with Crippen LogP contribution in [0.15, 0.2) is 46.3 Å². The van der Waals surface area contributed by atoms with E-state index in [-0.39, 0.29) is 27.5 Å². The first-order chi connectivity index (χ1) is 12.4. The van der Waals surface area contributed by atoms with Crippen LogP contribution in [-0.2, 0) is 16.3 Å². The van der Waals surface area contributed by atoms with E-state index in [4.69, 9.17) is 5.73 Å². The van der Waals surface area contributed by atoms with E-state index >= 15 is 0 Å². The van der Waals surface area contributed by atoms with E-state index in [9.17, 15) is 31.5 Å². The number of benzene rings is 1. The number of aromatic nitrogens is 1. The number of rotatable bonds is 6. The van der Waals surface area contributed by atoms with E-state index in [0.29, 0.717) is 0 Å². The minimum Gasteiger partial charge on any atom is -0.406 e. The lowest BCUT2D eigenvalue weighted by Crippen LogP contribution is -2.19. The predicted molar refractivity (Wildman–Crippen MR) is 86.7 cm³/mol. The molecule has 0 aliphatic carbocycles. The second kappa shape index (κ2) is 7.53. The molecule has 146 valence electrons. The van der Waals surface area contributed by atoms with Crippen LogP contribution >= 0.6 is 0 Å². The van der Waals surface area contributed by atoms with Crippen LogP contribution in [0.5, 0.6) is 5.75 Å². The Kier molecular flexibility index (Phi) is 5.76. The minimum atomic E-state index is -4.90. The maximum atomic E-state index is 12.7. The summed E-state index contributed by atoms with van der Waals surface area (Å²) in [6.07, 6.45) is -4.93. The SMILES string of the molecule is CC(O)Cc1cc(S(=O)(=O)c2ccc(OC(F)(F)F)cc2)cnc1C(N)=O. The van der Waals surface area contributed by atoms with Crippen molar-refractivity contribution in [2.24, 2.45) is 5.73 Å². The Labute approximate surface area is 152 Å². The molecule has 1 atom stereocenters. The zero-order chi connectivity index (χ0) is 20.4. The van der Waals surface area contributed by atoms with Crippen molar-refractivity contribution in [2.45, 2.75) is 35.6 Å².